The standard InChI is InChI=1S/C16H24N2O/c1-11(2)17-14-6-7-15-13(9-14)5-8-16(19)18(15)10-12-3-4-12/h5,8,11-12,14,17H,3-4,6-7,9-10H2,1-2H3/t14-/m1/s1. The summed E-state index contributed by atoms with van der Waals surface area (Å²) in [5, 5.41) is 3.62. The molecule has 19 heavy (non-hydrogen) atoms. The molecule has 0 spiro atoms. The molecule has 104 valence electrons. The van der Waals surface area contributed by atoms with Crippen LogP contribution in [0.1, 0.15) is 44.4 Å². The van der Waals surface area contributed by atoms with E-state index in [1.807, 2.05) is 0 Å². The second-order valence-corrected chi connectivity index (χ2v) is 6.46. The van der Waals surface area contributed by atoms with E-state index in [-0.39, 0.29) is 5.56 Å². The maximum atomic E-state index is 12.1. The summed E-state index contributed by atoms with van der Waals surface area (Å²) in [5.41, 5.74) is 2.88. The second-order valence-electron chi connectivity index (χ2n) is 6.46. The molecule has 1 aromatic heterocycles. The third-order valence-electron chi connectivity index (χ3n) is 4.29. The number of hydrogen-bond acceptors (Lipinski definition) is 2. The van der Waals surface area contributed by atoms with Crippen LogP contribution in [0.25, 0.3) is 0 Å². The molecule has 3 rings (SSSR count). The molecule has 0 aliphatic heterocycles. The van der Waals surface area contributed by atoms with E-state index in [9.17, 15) is 4.79 Å². The van der Waals surface area contributed by atoms with Gasteiger partial charge in [-0.15, -0.1) is 0 Å². The Morgan fingerprint density at radius 1 is 1.32 bits per heavy atom. The zero-order valence-electron chi connectivity index (χ0n) is 12.0. The average Bonchev–Trinajstić information content (AvgIpc) is 3.16. The molecule has 1 saturated carbocycles. The van der Waals surface area contributed by atoms with Crippen molar-refractivity contribution in [2.24, 2.45) is 5.92 Å². The highest BCUT2D eigenvalue weighted by Crippen LogP contribution is 2.31. The van der Waals surface area contributed by atoms with Crippen LogP contribution in [0.4, 0.5) is 0 Å². The van der Waals surface area contributed by atoms with E-state index in [1.54, 1.807) is 6.07 Å². The highest BCUT2D eigenvalue weighted by molar-refractivity contribution is 5.25. The zero-order chi connectivity index (χ0) is 13.4. The van der Waals surface area contributed by atoms with E-state index >= 15 is 0 Å². The van der Waals surface area contributed by atoms with Gasteiger partial charge in [-0.2, -0.15) is 0 Å². The van der Waals surface area contributed by atoms with Crippen molar-refractivity contribution in [1.29, 1.82) is 0 Å². The molecule has 1 aromatic rings. The van der Waals surface area contributed by atoms with Gasteiger partial charge in [0.1, 0.15) is 0 Å². The second kappa shape index (κ2) is 5.12. The normalized spacial score (nSPS) is 22.6. The minimum absolute atomic E-state index is 0.195. The van der Waals surface area contributed by atoms with Gasteiger partial charge in [0.25, 0.3) is 5.56 Å². The Bertz CT molecular complexity index is 514. The van der Waals surface area contributed by atoms with Crippen LogP contribution < -0.4 is 10.9 Å². The van der Waals surface area contributed by atoms with Gasteiger partial charge in [0.2, 0.25) is 0 Å². The largest absolute Gasteiger partial charge is 0.312 e. The van der Waals surface area contributed by atoms with Crippen LogP contribution in [-0.2, 0) is 19.4 Å². The molecule has 0 radical (unpaired) electrons. The van der Waals surface area contributed by atoms with Gasteiger partial charge in [-0.3, -0.25) is 4.79 Å². The van der Waals surface area contributed by atoms with Crippen molar-refractivity contribution in [3.05, 3.63) is 33.7 Å². The van der Waals surface area contributed by atoms with Gasteiger partial charge in [0.05, 0.1) is 0 Å². The van der Waals surface area contributed by atoms with Crippen molar-refractivity contribution in [2.45, 2.75) is 64.6 Å². The molecular weight excluding hydrogens is 236 g/mol. The monoisotopic (exact) mass is 260 g/mol. The Labute approximate surface area is 115 Å². The van der Waals surface area contributed by atoms with E-state index in [1.165, 1.54) is 24.1 Å². The van der Waals surface area contributed by atoms with Gasteiger partial charge in [-0.25, -0.2) is 0 Å². The van der Waals surface area contributed by atoms with Gasteiger partial charge in [0, 0.05) is 30.4 Å². The Hall–Kier alpha value is -1.09. The first-order valence-corrected chi connectivity index (χ1v) is 7.61. The van der Waals surface area contributed by atoms with Crippen molar-refractivity contribution in [3.8, 4) is 0 Å². The Morgan fingerprint density at radius 3 is 2.79 bits per heavy atom. The molecule has 0 saturated heterocycles. The number of aromatic nitrogens is 1. The lowest BCUT2D eigenvalue weighted by molar-refractivity contribution is 0.407. The summed E-state index contributed by atoms with van der Waals surface area (Å²) in [6.07, 6.45) is 5.86. The molecule has 0 unspecified atom stereocenters. The molecule has 1 fully saturated rings. The first kappa shape index (κ1) is 12.9. The van der Waals surface area contributed by atoms with E-state index < -0.39 is 0 Å². The smallest absolute Gasteiger partial charge is 0.250 e. The molecule has 2 aliphatic rings. The van der Waals surface area contributed by atoms with Crippen molar-refractivity contribution in [2.75, 3.05) is 0 Å². The first-order valence-electron chi connectivity index (χ1n) is 7.61. The minimum atomic E-state index is 0.195. The number of fused-ring (bicyclic) bond motifs is 1. The van der Waals surface area contributed by atoms with E-state index in [2.05, 4.69) is 29.8 Å². The zero-order valence-corrected chi connectivity index (χ0v) is 12.0. The summed E-state index contributed by atoms with van der Waals surface area (Å²) >= 11 is 0. The predicted molar refractivity (Wildman–Crippen MR) is 77.5 cm³/mol. The van der Waals surface area contributed by atoms with Crippen molar-refractivity contribution in [1.82, 2.24) is 9.88 Å². The number of hydrogen-bond donors (Lipinski definition) is 1. The third-order valence-corrected chi connectivity index (χ3v) is 4.29. The molecular formula is C16H24N2O. The summed E-state index contributed by atoms with van der Waals surface area (Å²) in [4.78, 5) is 12.1. The summed E-state index contributed by atoms with van der Waals surface area (Å²) in [6.45, 7) is 5.34. The fourth-order valence-electron chi connectivity index (χ4n) is 3.20. The molecule has 2 aliphatic carbocycles. The van der Waals surface area contributed by atoms with Crippen LogP contribution in [0.3, 0.4) is 0 Å². The van der Waals surface area contributed by atoms with Crippen LogP contribution in [0.2, 0.25) is 0 Å². The van der Waals surface area contributed by atoms with Gasteiger partial charge in [0.15, 0.2) is 0 Å². The number of rotatable bonds is 4. The van der Waals surface area contributed by atoms with Gasteiger partial charge in [-0.05, 0) is 43.6 Å². The van der Waals surface area contributed by atoms with Gasteiger partial charge in [-0.1, -0.05) is 19.9 Å². The van der Waals surface area contributed by atoms with Gasteiger partial charge < -0.3 is 9.88 Å². The van der Waals surface area contributed by atoms with Crippen LogP contribution in [0, 0.1) is 5.92 Å². The van der Waals surface area contributed by atoms with E-state index in [4.69, 9.17) is 0 Å². The third kappa shape index (κ3) is 2.92. The fourth-order valence-corrected chi connectivity index (χ4v) is 3.20. The first-order chi connectivity index (χ1) is 9.13. The molecule has 0 bridgehead atoms. The summed E-state index contributed by atoms with van der Waals surface area (Å²) in [7, 11) is 0. The van der Waals surface area contributed by atoms with E-state index in [0.29, 0.717) is 12.1 Å². The highest BCUT2D eigenvalue weighted by Gasteiger charge is 2.26. The van der Waals surface area contributed by atoms with Gasteiger partial charge >= 0.3 is 0 Å². The SMILES string of the molecule is CC(C)N[C@@H]1CCc2c(ccc(=O)n2CC2CC2)C1. The fraction of sp³-hybridized carbons (Fsp3) is 0.688. The Kier molecular flexibility index (Phi) is 3.48. The number of nitrogens with zero attached hydrogens (tertiary/aromatic N) is 1. The van der Waals surface area contributed by atoms with Crippen LogP contribution in [0.15, 0.2) is 16.9 Å². The number of pyridine rings is 1. The minimum Gasteiger partial charge on any atom is -0.312 e. The molecule has 3 heteroatoms. The maximum Gasteiger partial charge on any atom is 0.250 e. The average molecular weight is 260 g/mol. The van der Waals surface area contributed by atoms with E-state index in [0.717, 1.165) is 31.7 Å². The molecule has 0 aromatic carbocycles. The molecule has 1 atom stereocenters. The van der Waals surface area contributed by atoms with Crippen LogP contribution in [-0.4, -0.2) is 16.7 Å². The maximum absolute atomic E-state index is 12.1. The Balaban J connectivity index is 1.83. The van der Waals surface area contributed by atoms with Crippen molar-refractivity contribution < 1.29 is 0 Å². The summed E-state index contributed by atoms with van der Waals surface area (Å²) < 4.78 is 2.05. The lowest BCUT2D eigenvalue weighted by Crippen LogP contribution is -2.40. The summed E-state index contributed by atoms with van der Waals surface area (Å²) in [6, 6.07) is 4.91. The van der Waals surface area contributed by atoms with Crippen LogP contribution >= 0.6 is 0 Å². The predicted octanol–water partition coefficient (Wildman–Crippen LogP) is 2.11. The molecule has 3 nitrogen and oxygen atoms in total. The lowest BCUT2D eigenvalue weighted by atomic mass is 9.91. The van der Waals surface area contributed by atoms with Crippen molar-refractivity contribution in [3.63, 3.8) is 0 Å². The lowest BCUT2D eigenvalue weighted by Gasteiger charge is -2.29. The van der Waals surface area contributed by atoms with Crippen LogP contribution in [0.5, 0.6) is 0 Å². The molecule has 1 N–H and O–H groups in total. The topological polar surface area (TPSA) is 34.0 Å². The molecule has 1 heterocycles. The number of nitrogens with one attached hydrogen (secondary N) is 1. The summed E-state index contributed by atoms with van der Waals surface area (Å²) in [5.74, 6) is 0.760. The molecule has 0 amide bonds. The highest BCUT2D eigenvalue weighted by atomic mass is 16.1. The van der Waals surface area contributed by atoms with Crippen molar-refractivity contribution >= 4 is 0 Å². The Morgan fingerprint density at radius 2 is 2.11 bits per heavy atom. The quantitative estimate of drug-likeness (QED) is 0.899.